The Hall–Kier alpha value is -0.220. The third-order valence-electron chi connectivity index (χ3n) is 2.64. The van der Waals surface area contributed by atoms with Gasteiger partial charge in [0.15, 0.2) is 0 Å². The SMILES string of the molecule is O=C1CC(CS)CN1CCCCCO. The summed E-state index contributed by atoms with van der Waals surface area (Å²) in [7, 11) is 0. The number of hydrogen-bond donors (Lipinski definition) is 2. The molecule has 0 aromatic rings. The van der Waals surface area contributed by atoms with E-state index < -0.39 is 0 Å². The van der Waals surface area contributed by atoms with Gasteiger partial charge in [-0.1, -0.05) is 0 Å². The first-order chi connectivity index (χ1) is 6.77. The molecule has 0 radical (unpaired) electrons. The highest BCUT2D eigenvalue weighted by Crippen LogP contribution is 2.19. The molecule has 1 aliphatic rings. The molecule has 14 heavy (non-hydrogen) atoms. The number of carbonyl (C=O) groups excluding carboxylic acids is 1. The summed E-state index contributed by atoms with van der Waals surface area (Å²) in [6.45, 7) is 1.98. The molecule has 1 atom stereocenters. The van der Waals surface area contributed by atoms with Gasteiger partial charge in [-0.2, -0.15) is 12.6 Å². The van der Waals surface area contributed by atoms with E-state index in [4.69, 9.17) is 5.11 Å². The number of nitrogens with zero attached hydrogens (tertiary/aromatic N) is 1. The van der Waals surface area contributed by atoms with Crippen LogP contribution in [0.4, 0.5) is 0 Å². The Morgan fingerprint density at radius 2 is 2.21 bits per heavy atom. The van der Waals surface area contributed by atoms with Gasteiger partial charge in [0.2, 0.25) is 5.91 Å². The van der Waals surface area contributed by atoms with Gasteiger partial charge in [0.05, 0.1) is 0 Å². The average Bonchev–Trinajstić information content (AvgIpc) is 2.54. The van der Waals surface area contributed by atoms with Crippen LogP contribution in [-0.2, 0) is 4.79 Å². The van der Waals surface area contributed by atoms with Crippen molar-refractivity contribution in [1.29, 1.82) is 0 Å². The molecule has 1 N–H and O–H groups in total. The van der Waals surface area contributed by atoms with Crippen molar-refractivity contribution in [3.63, 3.8) is 0 Å². The lowest BCUT2D eigenvalue weighted by Crippen LogP contribution is -2.26. The molecule has 0 aliphatic carbocycles. The molecule has 82 valence electrons. The van der Waals surface area contributed by atoms with Crippen LogP contribution in [0.5, 0.6) is 0 Å². The van der Waals surface area contributed by atoms with E-state index in [1.165, 1.54) is 0 Å². The number of hydrogen-bond acceptors (Lipinski definition) is 3. The van der Waals surface area contributed by atoms with Crippen molar-refractivity contribution < 1.29 is 9.90 Å². The van der Waals surface area contributed by atoms with Crippen LogP contribution in [0.15, 0.2) is 0 Å². The second-order valence-electron chi connectivity index (χ2n) is 3.88. The summed E-state index contributed by atoms with van der Waals surface area (Å²) in [5, 5.41) is 8.60. The zero-order valence-electron chi connectivity index (χ0n) is 8.48. The van der Waals surface area contributed by atoms with E-state index in [2.05, 4.69) is 12.6 Å². The summed E-state index contributed by atoms with van der Waals surface area (Å²) < 4.78 is 0. The van der Waals surface area contributed by atoms with Crippen LogP contribution in [0, 0.1) is 5.92 Å². The van der Waals surface area contributed by atoms with Gasteiger partial charge in [-0.15, -0.1) is 0 Å². The van der Waals surface area contributed by atoms with E-state index in [-0.39, 0.29) is 12.5 Å². The molecule has 3 nitrogen and oxygen atoms in total. The number of aliphatic hydroxyl groups is 1. The number of rotatable bonds is 6. The minimum Gasteiger partial charge on any atom is -0.396 e. The molecule has 1 unspecified atom stereocenters. The number of aliphatic hydroxyl groups excluding tert-OH is 1. The van der Waals surface area contributed by atoms with Crippen LogP contribution in [0.3, 0.4) is 0 Å². The van der Waals surface area contributed by atoms with Crippen molar-refractivity contribution in [2.75, 3.05) is 25.4 Å². The Kier molecular flexibility index (Phi) is 5.33. The second-order valence-corrected chi connectivity index (χ2v) is 4.24. The van der Waals surface area contributed by atoms with Crippen LogP contribution in [0.1, 0.15) is 25.7 Å². The highest BCUT2D eigenvalue weighted by molar-refractivity contribution is 7.80. The smallest absolute Gasteiger partial charge is 0.222 e. The first-order valence-corrected chi connectivity index (χ1v) is 5.90. The maximum Gasteiger partial charge on any atom is 0.222 e. The number of amides is 1. The summed E-state index contributed by atoms with van der Waals surface area (Å²) in [6, 6.07) is 0. The highest BCUT2D eigenvalue weighted by atomic mass is 32.1. The standard InChI is InChI=1S/C10H19NO2S/c12-5-3-1-2-4-11-7-9(8-14)6-10(11)13/h9,12,14H,1-8H2. The highest BCUT2D eigenvalue weighted by Gasteiger charge is 2.27. The van der Waals surface area contributed by atoms with Gasteiger partial charge in [-0.25, -0.2) is 0 Å². The third kappa shape index (κ3) is 3.50. The Morgan fingerprint density at radius 1 is 1.43 bits per heavy atom. The van der Waals surface area contributed by atoms with E-state index in [0.717, 1.165) is 38.1 Å². The normalized spacial score (nSPS) is 22.0. The molecular weight excluding hydrogens is 198 g/mol. The Balaban J connectivity index is 2.15. The van der Waals surface area contributed by atoms with Gasteiger partial charge >= 0.3 is 0 Å². The summed E-state index contributed by atoms with van der Waals surface area (Å²) in [5.74, 6) is 1.52. The van der Waals surface area contributed by atoms with Crippen LogP contribution < -0.4 is 0 Å². The van der Waals surface area contributed by atoms with Gasteiger partial charge < -0.3 is 10.0 Å². The van der Waals surface area contributed by atoms with Crippen LogP contribution in [0.2, 0.25) is 0 Å². The van der Waals surface area contributed by atoms with Gasteiger partial charge in [0.25, 0.3) is 0 Å². The molecule has 1 amide bonds. The van der Waals surface area contributed by atoms with Crippen molar-refractivity contribution in [3.05, 3.63) is 0 Å². The minimum absolute atomic E-state index is 0.257. The summed E-state index contributed by atoms with van der Waals surface area (Å²) in [6.07, 6.45) is 3.53. The molecule has 0 spiro atoms. The molecule has 4 heteroatoms. The van der Waals surface area contributed by atoms with Crippen molar-refractivity contribution >= 4 is 18.5 Å². The predicted molar refractivity (Wildman–Crippen MR) is 59.5 cm³/mol. The number of thiol groups is 1. The molecule has 1 saturated heterocycles. The van der Waals surface area contributed by atoms with Gasteiger partial charge in [-0.05, 0) is 30.9 Å². The lowest BCUT2D eigenvalue weighted by molar-refractivity contribution is -0.127. The lowest BCUT2D eigenvalue weighted by Gasteiger charge is -2.15. The lowest BCUT2D eigenvalue weighted by atomic mass is 10.1. The van der Waals surface area contributed by atoms with Crippen LogP contribution >= 0.6 is 12.6 Å². The van der Waals surface area contributed by atoms with Crippen LogP contribution in [-0.4, -0.2) is 41.4 Å². The molecule has 1 rings (SSSR count). The van der Waals surface area contributed by atoms with Crippen molar-refractivity contribution in [2.24, 2.45) is 5.92 Å². The molecule has 0 bridgehead atoms. The third-order valence-corrected chi connectivity index (χ3v) is 3.16. The maximum atomic E-state index is 11.4. The van der Waals surface area contributed by atoms with E-state index in [1.54, 1.807) is 0 Å². The van der Waals surface area contributed by atoms with E-state index >= 15 is 0 Å². The van der Waals surface area contributed by atoms with Gasteiger partial charge in [0, 0.05) is 26.1 Å². The fourth-order valence-corrected chi connectivity index (χ4v) is 2.03. The molecule has 0 aromatic heterocycles. The molecular formula is C10H19NO2S. The fourth-order valence-electron chi connectivity index (χ4n) is 1.78. The second kappa shape index (κ2) is 6.30. The Morgan fingerprint density at radius 3 is 2.79 bits per heavy atom. The zero-order chi connectivity index (χ0) is 10.4. The minimum atomic E-state index is 0.257. The van der Waals surface area contributed by atoms with Crippen molar-refractivity contribution in [1.82, 2.24) is 4.90 Å². The summed E-state index contributed by atoms with van der Waals surface area (Å²) in [4.78, 5) is 13.4. The first-order valence-electron chi connectivity index (χ1n) is 5.27. The largest absolute Gasteiger partial charge is 0.396 e. The molecule has 0 saturated carbocycles. The fraction of sp³-hybridized carbons (Fsp3) is 0.900. The van der Waals surface area contributed by atoms with E-state index in [9.17, 15) is 4.79 Å². The molecule has 1 fully saturated rings. The van der Waals surface area contributed by atoms with Crippen molar-refractivity contribution in [3.8, 4) is 0 Å². The van der Waals surface area contributed by atoms with E-state index in [0.29, 0.717) is 12.3 Å². The molecule has 0 aromatic carbocycles. The maximum absolute atomic E-state index is 11.4. The first kappa shape index (κ1) is 11.9. The quantitative estimate of drug-likeness (QED) is 0.513. The Labute approximate surface area is 90.9 Å². The van der Waals surface area contributed by atoms with Crippen molar-refractivity contribution in [2.45, 2.75) is 25.7 Å². The molecule has 1 heterocycles. The van der Waals surface area contributed by atoms with E-state index in [1.807, 2.05) is 4.90 Å². The predicted octanol–water partition coefficient (Wildman–Crippen LogP) is 0.927. The zero-order valence-corrected chi connectivity index (χ0v) is 9.38. The topological polar surface area (TPSA) is 40.5 Å². The van der Waals surface area contributed by atoms with Gasteiger partial charge in [0.1, 0.15) is 0 Å². The summed E-state index contributed by atoms with van der Waals surface area (Å²) >= 11 is 4.21. The average molecular weight is 217 g/mol. The monoisotopic (exact) mass is 217 g/mol. The number of carbonyl (C=O) groups is 1. The number of likely N-dealkylation sites (tertiary alicyclic amines) is 1. The Bertz CT molecular complexity index is 187. The van der Waals surface area contributed by atoms with Crippen LogP contribution in [0.25, 0.3) is 0 Å². The summed E-state index contributed by atoms with van der Waals surface area (Å²) in [5.41, 5.74) is 0. The van der Waals surface area contributed by atoms with Gasteiger partial charge in [-0.3, -0.25) is 4.79 Å². The molecule has 1 aliphatic heterocycles. The number of unbranched alkanes of at least 4 members (excludes halogenated alkanes) is 2.